The highest BCUT2D eigenvalue weighted by Gasteiger charge is 2.41. The first-order chi connectivity index (χ1) is 8.79. The summed E-state index contributed by atoms with van der Waals surface area (Å²) in [7, 11) is 0. The highest BCUT2D eigenvalue weighted by Crippen LogP contribution is 2.35. The summed E-state index contributed by atoms with van der Waals surface area (Å²) in [6.07, 6.45) is -4.19. The standard InChI is InChI=1S/C12H15F3N2OS/c1-7-9(16)6-10(19-7)11(18)17-4-2-8(3-5-17)12(13,14)15/h6,8H,2-5,16H2,1H3. The molecule has 2 rings (SSSR count). The molecule has 0 atom stereocenters. The Morgan fingerprint density at radius 2 is 2.00 bits per heavy atom. The molecule has 1 aliphatic rings. The van der Waals surface area contributed by atoms with E-state index in [4.69, 9.17) is 5.73 Å². The van der Waals surface area contributed by atoms with Gasteiger partial charge in [-0.2, -0.15) is 13.2 Å². The van der Waals surface area contributed by atoms with Gasteiger partial charge in [-0.15, -0.1) is 11.3 Å². The summed E-state index contributed by atoms with van der Waals surface area (Å²) >= 11 is 1.28. The monoisotopic (exact) mass is 292 g/mol. The summed E-state index contributed by atoms with van der Waals surface area (Å²) < 4.78 is 37.6. The van der Waals surface area contributed by atoms with Gasteiger partial charge in [-0.1, -0.05) is 0 Å². The molecule has 7 heteroatoms. The number of thiophene rings is 1. The highest BCUT2D eigenvalue weighted by atomic mass is 32.1. The number of piperidine rings is 1. The van der Waals surface area contributed by atoms with E-state index in [1.807, 2.05) is 6.92 Å². The molecule has 2 N–H and O–H groups in total. The van der Waals surface area contributed by atoms with E-state index in [1.165, 1.54) is 16.2 Å². The van der Waals surface area contributed by atoms with Crippen LogP contribution in [-0.4, -0.2) is 30.1 Å². The van der Waals surface area contributed by atoms with E-state index >= 15 is 0 Å². The number of nitrogens with zero attached hydrogens (tertiary/aromatic N) is 1. The molecule has 0 bridgehead atoms. The number of halogens is 3. The van der Waals surface area contributed by atoms with Crippen LogP contribution >= 0.6 is 11.3 Å². The Hall–Kier alpha value is -1.24. The molecule has 1 aromatic heterocycles. The molecule has 0 aromatic carbocycles. The predicted octanol–water partition coefficient (Wildman–Crippen LogP) is 3.05. The predicted molar refractivity (Wildman–Crippen MR) is 68.2 cm³/mol. The van der Waals surface area contributed by atoms with Crippen molar-refractivity contribution < 1.29 is 18.0 Å². The quantitative estimate of drug-likeness (QED) is 0.864. The molecule has 0 radical (unpaired) electrons. The summed E-state index contributed by atoms with van der Waals surface area (Å²) in [4.78, 5) is 15.0. The van der Waals surface area contributed by atoms with Crippen LogP contribution in [-0.2, 0) is 0 Å². The molecule has 2 heterocycles. The van der Waals surface area contributed by atoms with Gasteiger partial charge in [-0.3, -0.25) is 4.79 Å². The molecule has 1 aliphatic heterocycles. The molecule has 0 unspecified atom stereocenters. The minimum Gasteiger partial charge on any atom is -0.398 e. The summed E-state index contributed by atoms with van der Waals surface area (Å²) in [6, 6.07) is 1.60. The van der Waals surface area contributed by atoms with Gasteiger partial charge in [0.15, 0.2) is 0 Å². The van der Waals surface area contributed by atoms with E-state index in [-0.39, 0.29) is 31.8 Å². The van der Waals surface area contributed by atoms with Crippen molar-refractivity contribution in [3.8, 4) is 0 Å². The summed E-state index contributed by atoms with van der Waals surface area (Å²) in [5, 5.41) is 0. The second-order valence-corrected chi connectivity index (χ2v) is 5.99. The molecule has 0 saturated carbocycles. The Balaban J connectivity index is 2.00. The average Bonchev–Trinajstić information content (AvgIpc) is 2.68. The van der Waals surface area contributed by atoms with Crippen molar-refractivity contribution in [2.75, 3.05) is 18.8 Å². The molecule has 0 spiro atoms. The maximum absolute atomic E-state index is 12.5. The van der Waals surface area contributed by atoms with Crippen molar-refractivity contribution in [1.29, 1.82) is 0 Å². The Morgan fingerprint density at radius 3 is 2.42 bits per heavy atom. The summed E-state index contributed by atoms with van der Waals surface area (Å²) in [5.74, 6) is -1.50. The Bertz CT molecular complexity index is 456. The number of carbonyl (C=O) groups is 1. The van der Waals surface area contributed by atoms with Crippen LogP contribution in [0.1, 0.15) is 27.4 Å². The number of alkyl halides is 3. The molecule has 106 valence electrons. The number of nitrogen functional groups attached to an aromatic ring is 1. The largest absolute Gasteiger partial charge is 0.398 e. The fourth-order valence-corrected chi connectivity index (χ4v) is 3.08. The van der Waals surface area contributed by atoms with Gasteiger partial charge in [-0.25, -0.2) is 0 Å². The second kappa shape index (κ2) is 5.03. The number of rotatable bonds is 1. The lowest BCUT2D eigenvalue weighted by Crippen LogP contribution is -2.41. The van der Waals surface area contributed by atoms with Gasteiger partial charge in [-0.05, 0) is 25.8 Å². The molecular formula is C12H15F3N2OS. The van der Waals surface area contributed by atoms with E-state index in [0.29, 0.717) is 10.6 Å². The lowest BCUT2D eigenvalue weighted by Gasteiger charge is -2.32. The van der Waals surface area contributed by atoms with Gasteiger partial charge in [0.2, 0.25) is 0 Å². The van der Waals surface area contributed by atoms with Gasteiger partial charge in [0.1, 0.15) is 0 Å². The minimum absolute atomic E-state index is 0.0188. The minimum atomic E-state index is -4.15. The van der Waals surface area contributed by atoms with Crippen molar-refractivity contribution in [2.45, 2.75) is 25.9 Å². The van der Waals surface area contributed by atoms with Crippen LogP contribution in [0.2, 0.25) is 0 Å². The van der Waals surface area contributed by atoms with Crippen LogP contribution < -0.4 is 5.73 Å². The number of anilines is 1. The summed E-state index contributed by atoms with van der Waals surface area (Å²) in [5.41, 5.74) is 6.23. The maximum atomic E-state index is 12.5. The zero-order chi connectivity index (χ0) is 14.2. The molecule has 19 heavy (non-hydrogen) atoms. The normalized spacial score (nSPS) is 17.8. The van der Waals surface area contributed by atoms with Crippen molar-refractivity contribution in [2.24, 2.45) is 5.92 Å². The zero-order valence-electron chi connectivity index (χ0n) is 10.5. The molecule has 0 aliphatic carbocycles. The van der Waals surface area contributed by atoms with Crippen LogP contribution in [0.3, 0.4) is 0 Å². The molecule has 1 fully saturated rings. The zero-order valence-corrected chi connectivity index (χ0v) is 11.3. The van der Waals surface area contributed by atoms with Crippen LogP contribution in [0.15, 0.2) is 6.07 Å². The van der Waals surface area contributed by atoms with Crippen LogP contribution in [0.4, 0.5) is 18.9 Å². The van der Waals surface area contributed by atoms with Crippen LogP contribution in [0.5, 0.6) is 0 Å². The average molecular weight is 292 g/mol. The van der Waals surface area contributed by atoms with Crippen molar-refractivity contribution in [3.63, 3.8) is 0 Å². The maximum Gasteiger partial charge on any atom is 0.391 e. The third kappa shape index (κ3) is 3.02. The highest BCUT2D eigenvalue weighted by molar-refractivity contribution is 7.14. The number of likely N-dealkylation sites (tertiary alicyclic amines) is 1. The molecule has 1 saturated heterocycles. The fraction of sp³-hybridized carbons (Fsp3) is 0.583. The van der Waals surface area contributed by atoms with Gasteiger partial charge < -0.3 is 10.6 Å². The number of amides is 1. The second-order valence-electron chi connectivity index (χ2n) is 4.73. The number of carbonyl (C=O) groups excluding carboxylic acids is 1. The van der Waals surface area contributed by atoms with Crippen LogP contribution in [0.25, 0.3) is 0 Å². The van der Waals surface area contributed by atoms with Gasteiger partial charge in [0, 0.05) is 23.7 Å². The number of aryl methyl sites for hydroxylation is 1. The molecular weight excluding hydrogens is 277 g/mol. The van der Waals surface area contributed by atoms with Gasteiger partial charge >= 0.3 is 6.18 Å². The van der Waals surface area contributed by atoms with Crippen LogP contribution in [0, 0.1) is 12.8 Å². The number of nitrogens with two attached hydrogens (primary N) is 1. The van der Waals surface area contributed by atoms with Crippen molar-refractivity contribution in [1.82, 2.24) is 4.90 Å². The first-order valence-electron chi connectivity index (χ1n) is 6.01. The SMILES string of the molecule is Cc1sc(C(=O)N2CCC(C(F)(F)F)CC2)cc1N. The third-order valence-electron chi connectivity index (χ3n) is 3.41. The lowest BCUT2D eigenvalue weighted by molar-refractivity contribution is -0.183. The first kappa shape index (κ1) is 14.2. The molecule has 1 aromatic rings. The van der Waals surface area contributed by atoms with Crippen molar-refractivity contribution in [3.05, 3.63) is 15.8 Å². The fourth-order valence-electron chi connectivity index (χ4n) is 2.17. The number of hydrogen-bond acceptors (Lipinski definition) is 3. The topological polar surface area (TPSA) is 46.3 Å². The van der Waals surface area contributed by atoms with E-state index in [0.717, 1.165) is 4.88 Å². The van der Waals surface area contributed by atoms with E-state index < -0.39 is 12.1 Å². The van der Waals surface area contributed by atoms with Gasteiger partial charge in [0.05, 0.1) is 10.8 Å². The van der Waals surface area contributed by atoms with Gasteiger partial charge in [0.25, 0.3) is 5.91 Å². The molecule has 1 amide bonds. The third-order valence-corrected chi connectivity index (χ3v) is 4.47. The van der Waals surface area contributed by atoms with E-state index in [9.17, 15) is 18.0 Å². The Morgan fingerprint density at radius 1 is 1.42 bits per heavy atom. The first-order valence-corrected chi connectivity index (χ1v) is 6.82. The van der Waals surface area contributed by atoms with E-state index in [1.54, 1.807) is 6.07 Å². The summed E-state index contributed by atoms with van der Waals surface area (Å²) in [6.45, 7) is 2.12. The number of hydrogen-bond donors (Lipinski definition) is 1. The lowest BCUT2D eigenvalue weighted by atomic mass is 9.96. The Kier molecular flexibility index (Phi) is 3.75. The molecule has 3 nitrogen and oxygen atoms in total. The Labute approximate surface area is 113 Å². The smallest absolute Gasteiger partial charge is 0.391 e. The van der Waals surface area contributed by atoms with Crippen molar-refractivity contribution >= 4 is 22.9 Å². The van der Waals surface area contributed by atoms with E-state index in [2.05, 4.69) is 0 Å².